The van der Waals surface area contributed by atoms with Crippen LogP contribution in [0.4, 0.5) is 0 Å². The average Bonchev–Trinajstić information content (AvgIpc) is 3.09. The van der Waals surface area contributed by atoms with Crippen LogP contribution in [0.3, 0.4) is 0 Å². The first kappa shape index (κ1) is 19.0. The Balaban J connectivity index is 1.51. The van der Waals surface area contributed by atoms with Crippen molar-refractivity contribution in [1.82, 2.24) is 15.1 Å². The topological polar surface area (TPSA) is 30.9 Å². The normalized spacial score (nSPS) is 43.1. The maximum absolute atomic E-state index is 6.49. The molecule has 2 saturated carbocycles. The minimum absolute atomic E-state index is 0.371. The van der Waals surface area contributed by atoms with Gasteiger partial charge in [-0.1, -0.05) is 12.8 Å². The second-order valence-electron chi connectivity index (χ2n) is 9.26. The molecule has 0 aromatic carbocycles. The first-order valence-electron chi connectivity index (χ1n) is 11.0. The monoisotopic (exact) mass is 380 g/mol. The van der Waals surface area contributed by atoms with Crippen molar-refractivity contribution in [2.45, 2.75) is 100 Å². The van der Waals surface area contributed by atoms with E-state index in [1.807, 2.05) is 0 Å². The van der Waals surface area contributed by atoms with Gasteiger partial charge in [-0.25, -0.2) is 0 Å². The Hall–Kier alpha value is -0.320. The van der Waals surface area contributed by atoms with Crippen molar-refractivity contribution in [2.24, 2.45) is 10.9 Å². The molecule has 2 aliphatic heterocycles. The van der Waals surface area contributed by atoms with E-state index in [9.17, 15) is 0 Å². The van der Waals surface area contributed by atoms with Crippen LogP contribution >= 0.6 is 11.6 Å². The summed E-state index contributed by atoms with van der Waals surface area (Å²) in [6, 6.07) is 1.80. The predicted octanol–water partition coefficient (Wildman–Crippen LogP) is 3.84. The van der Waals surface area contributed by atoms with Crippen LogP contribution in [-0.4, -0.2) is 65.9 Å². The van der Waals surface area contributed by atoms with E-state index < -0.39 is 0 Å². The van der Waals surface area contributed by atoms with Gasteiger partial charge in [0.15, 0.2) is 0 Å². The first-order valence-corrected chi connectivity index (χ1v) is 11.5. The van der Waals surface area contributed by atoms with Crippen molar-refractivity contribution < 1.29 is 0 Å². The van der Waals surface area contributed by atoms with Gasteiger partial charge in [0, 0.05) is 30.4 Å². The molecule has 4 rings (SSSR count). The quantitative estimate of drug-likeness (QED) is 0.754. The molecule has 1 N–H and O–H groups in total. The third-order valence-corrected chi connectivity index (χ3v) is 7.67. The molecule has 2 aliphatic carbocycles. The van der Waals surface area contributed by atoms with Crippen LogP contribution in [0.2, 0.25) is 0 Å². The number of nitrogens with one attached hydrogen (secondary N) is 1. The zero-order chi connectivity index (χ0) is 18.1. The lowest BCUT2D eigenvalue weighted by molar-refractivity contribution is 0.0882. The average molecular weight is 381 g/mol. The van der Waals surface area contributed by atoms with Crippen molar-refractivity contribution in [1.29, 1.82) is 0 Å². The third-order valence-electron chi connectivity index (χ3n) is 7.28. The summed E-state index contributed by atoms with van der Waals surface area (Å²) in [5.74, 6) is 2.15. The predicted molar refractivity (Wildman–Crippen MR) is 110 cm³/mol. The number of likely N-dealkylation sites (tertiary alicyclic amines) is 1. The van der Waals surface area contributed by atoms with E-state index >= 15 is 0 Å². The lowest BCUT2D eigenvalue weighted by Gasteiger charge is -2.46. The van der Waals surface area contributed by atoms with E-state index in [4.69, 9.17) is 16.6 Å². The standard InChI is InChI=1S/C21H37ClN4/c1-25(2)21-14-19(17-9-3-4-10-18(17)23-21)24-20-11-6-12-26(20)16-8-5-7-15(22)13-16/h15-19,21,23H,3-14H2,1-2H3. The fraction of sp³-hybridized carbons (Fsp3) is 0.952. The number of alkyl halides is 1. The van der Waals surface area contributed by atoms with Gasteiger partial charge in [-0.05, 0) is 71.4 Å². The summed E-state index contributed by atoms with van der Waals surface area (Å²) in [6.07, 6.45) is 14.5. The highest BCUT2D eigenvalue weighted by Gasteiger charge is 2.40. The van der Waals surface area contributed by atoms with Crippen LogP contribution in [0.1, 0.15) is 70.6 Å². The van der Waals surface area contributed by atoms with Gasteiger partial charge in [0.2, 0.25) is 0 Å². The van der Waals surface area contributed by atoms with E-state index in [0.717, 1.165) is 18.8 Å². The van der Waals surface area contributed by atoms with Crippen molar-refractivity contribution in [3.05, 3.63) is 0 Å². The van der Waals surface area contributed by atoms with Crippen LogP contribution in [0.15, 0.2) is 4.99 Å². The van der Waals surface area contributed by atoms with Crippen LogP contribution in [0, 0.1) is 5.92 Å². The maximum atomic E-state index is 6.49. The molecule has 4 nitrogen and oxygen atoms in total. The van der Waals surface area contributed by atoms with Crippen molar-refractivity contribution in [3.63, 3.8) is 0 Å². The smallest absolute Gasteiger partial charge is 0.0995 e. The molecule has 0 bridgehead atoms. The molecule has 26 heavy (non-hydrogen) atoms. The van der Waals surface area contributed by atoms with Crippen molar-refractivity contribution in [3.8, 4) is 0 Å². The molecule has 0 aromatic heterocycles. The Bertz CT molecular complexity index is 508. The molecule has 148 valence electrons. The summed E-state index contributed by atoms with van der Waals surface area (Å²) in [7, 11) is 4.41. The molecule has 6 unspecified atom stereocenters. The number of rotatable bonds is 3. The van der Waals surface area contributed by atoms with Gasteiger partial charge in [0.1, 0.15) is 0 Å². The largest absolute Gasteiger partial charge is 0.357 e. The van der Waals surface area contributed by atoms with Crippen LogP contribution in [-0.2, 0) is 0 Å². The number of piperidine rings is 1. The molecule has 0 spiro atoms. The van der Waals surface area contributed by atoms with Gasteiger partial charge in [-0.2, -0.15) is 0 Å². The Kier molecular flexibility index (Phi) is 6.12. The fourth-order valence-electron chi connectivity index (χ4n) is 5.85. The molecule has 4 fully saturated rings. The summed E-state index contributed by atoms with van der Waals surface area (Å²) < 4.78 is 0. The van der Waals surface area contributed by atoms with Crippen LogP contribution in [0.5, 0.6) is 0 Å². The minimum atomic E-state index is 0.371. The highest BCUT2D eigenvalue weighted by atomic mass is 35.5. The van der Waals surface area contributed by atoms with Gasteiger partial charge >= 0.3 is 0 Å². The van der Waals surface area contributed by atoms with Crippen molar-refractivity contribution >= 4 is 17.4 Å². The fourth-order valence-corrected chi connectivity index (χ4v) is 6.21. The number of hydrogen-bond donors (Lipinski definition) is 1. The Morgan fingerprint density at radius 2 is 1.88 bits per heavy atom. The van der Waals surface area contributed by atoms with Gasteiger partial charge in [0.05, 0.1) is 18.0 Å². The molecule has 0 radical (unpaired) electrons. The summed E-state index contributed by atoms with van der Waals surface area (Å²) in [5, 5.41) is 4.29. The van der Waals surface area contributed by atoms with E-state index in [1.165, 1.54) is 70.2 Å². The van der Waals surface area contributed by atoms with E-state index in [0.29, 0.717) is 29.7 Å². The molecule has 2 heterocycles. The summed E-state index contributed by atoms with van der Waals surface area (Å²) >= 11 is 6.49. The lowest BCUT2D eigenvalue weighted by Crippen LogP contribution is -2.59. The highest BCUT2D eigenvalue weighted by Crippen LogP contribution is 2.36. The second-order valence-corrected chi connectivity index (χ2v) is 9.88. The zero-order valence-electron chi connectivity index (χ0n) is 16.7. The van der Waals surface area contributed by atoms with E-state index in [-0.39, 0.29) is 0 Å². The number of halogens is 1. The number of aliphatic imine (C=N–C) groups is 1. The Morgan fingerprint density at radius 1 is 1.04 bits per heavy atom. The highest BCUT2D eigenvalue weighted by molar-refractivity contribution is 6.20. The molecule has 0 amide bonds. The van der Waals surface area contributed by atoms with E-state index in [2.05, 4.69) is 29.2 Å². The zero-order valence-corrected chi connectivity index (χ0v) is 17.4. The summed E-state index contributed by atoms with van der Waals surface area (Å²) in [6.45, 7) is 1.20. The number of fused-ring (bicyclic) bond motifs is 1. The molecular weight excluding hydrogens is 344 g/mol. The van der Waals surface area contributed by atoms with Crippen LogP contribution < -0.4 is 5.32 Å². The SMILES string of the molecule is CN(C)C1CC(N=C2CCCN2C2CCCC(Cl)C2)C2CCCCC2N1. The van der Waals surface area contributed by atoms with E-state index in [1.54, 1.807) is 0 Å². The number of nitrogens with zero attached hydrogens (tertiary/aromatic N) is 3. The number of hydrogen-bond acceptors (Lipinski definition) is 3. The first-order chi connectivity index (χ1) is 12.6. The summed E-state index contributed by atoms with van der Waals surface area (Å²) in [4.78, 5) is 10.5. The molecule has 0 aromatic rings. The molecule has 5 heteroatoms. The Labute approximate surface area is 164 Å². The molecular formula is C21H37ClN4. The molecule has 4 aliphatic rings. The lowest BCUT2D eigenvalue weighted by atomic mass is 9.75. The Morgan fingerprint density at radius 3 is 2.69 bits per heavy atom. The van der Waals surface area contributed by atoms with Gasteiger partial charge < -0.3 is 4.90 Å². The maximum Gasteiger partial charge on any atom is 0.0995 e. The van der Waals surface area contributed by atoms with Gasteiger partial charge in [-0.3, -0.25) is 15.2 Å². The molecule has 2 saturated heterocycles. The van der Waals surface area contributed by atoms with Gasteiger partial charge in [-0.15, -0.1) is 11.6 Å². The number of amidine groups is 1. The third kappa shape index (κ3) is 4.07. The van der Waals surface area contributed by atoms with Crippen molar-refractivity contribution in [2.75, 3.05) is 20.6 Å². The summed E-state index contributed by atoms with van der Waals surface area (Å²) in [5.41, 5.74) is 0. The van der Waals surface area contributed by atoms with Crippen LogP contribution in [0.25, 0.3) is 0 Å². The molecule has 6 atom stereocenters. The van der Waals surface area contributed by atoms with Gasteiger partial charge in [0.25, 0.3) is 0 Å². The second kappa shape index (κ2) is 8.36. The minimum Gasteiger partial charge on any atom is -0.357 e.